The van der Waals surface area contributed by atoms with Gasteiger partial charge in [-0.2, -0.15) is 0 Å². The number of aliphatic hydroxyl groups excluding tert-OH is 1. The molecule has 0 aliphatic carbocycles. The van der Waals surface area contributed by atoms with E-state index in [2.05, 4.69) is 47.9 Å². The van der Waals surface area contributed by atoms with Gasteiger partial charge in [-0.25, -0.2) is 0 Å². The number of hydrogen-bond donors (Lipinski definition) is 11. The Labute approximate surface area is 497 Å². The third kappa shape index (κ3) is 23.6. The lowest BCUT2D eigenvalue weighted by atomic mass is 9.97. The number of nitrogens with two attached hydrogens (primary N) is 1. The fourth-order valence-electron chi connectivity index (χ4n) is 10.5. The fraction of sp³-hybridized carbons (Fsp3) is 0.797. The van der Waals surface area contributed by atoms with E-state index in [1.54, 1.807) is 0 Å². The van der Waals surface area contributed by atoms with Crippen molar-refractivity contribution < 1.29 is 62.6 Å². The van der Waals surface area contributed by atoms with Crippen LogP contribution in [0, 0.1) is 29.6 Å². The van der Waals surface area contributed by atoms with Gasteiger partial charge in [0.2, 0.25) is 70.9 Å². The summed E-state index contributed by atoms with van der Waals surface area (Å²) in [5.41, 5.74) is 0.764. The van der Waals surface area contributed by atoms with Crippen LogP contribution >= 0.6 is 0 Å². The molecule has 2 aliphatic rings. The molecule has 0 aromatic carbocycles. The predicted molar refractivity (Wildman–Crippen MR) is 316 cm³/mol. The maximum absolute atomic E-state index is 14.5. The summed E-state index contributed by atoms with van der Waals surface area (Å²) < 4.78 is 0. The Morgan fingerprint density at radius 2 is 0.810 bits per heavy atom. The van der Waals surface area contributed by atoms with Crippen molar-refractivity contribution in [1.82, 2.24) is 57.7 Å². The van der Waals surface area contributed by atoms with Crippen molar-refractivity contribution in [2.75, 3.05) is 19.7 Å². The van der Waals surface area contributed by atoms with Crippen LogP contribution in [0.3, 0.4) is 0 Å². The average molecular weight is 1190 g/mol. The molecule has 12 amide bonds. The molecule has 2 rings (SSSR count). The molecule has 2 saturated heterocycles. The molecular formula is C59H104N12O13. The van der Waals surface area contributed by atoms with Crippen LogP contribution in [0.15, 0.2) is 0 Å². The smallest absolute Gasteiger partial charge is 0.248 e. The lowest BCUT2D eigenvalue weighted by molar-refractivity contribution is -0.146. The summed E-state index contributed by atoms with van der Waals surface area (Å²) in [5, 5.41) is 34.5. The van der Waals surface area contributed by atoms with Gasteiger partial charge in [-0.3, -0.25) is 57.5 Å². The Morgan fingerprint density at radius 3 is 1.15 bits per heavy atom. The van der Waals surface area contributed by atoms with Crippen molar-refractivity contribution in [3.05, 3.63) is 0 Å². The van der Waals surface area contributed by atoms with Gasteiger partial charge in [-0.1, -0.05) is 69.2 Å². The number of likely N-dealkylation sites (tertiary alicyclic amines) is 2. The monoisotopic (exact) mass is 1190 g/mol. The maximum Gasteiger partial charge on any atom is 0.248 e. The molecule has 8 atom stereocenters. The molecule has 0 unspecified atom stereocenters. The van der Waals surface area contributed by atoms with Crippen LogP contribution in [0.25, 0.3) is 0 Å². The Balaban J connectivity index is 2.32. The average Bonchev–Trinajstić information content (AvgIpc) is 4.27. The molecule has 0 aromatic rings. The van der Waals surface area contributed by atoms with Crippen molar-refractivity contribution in [3.8, 4) is 0 Å². The number of carbonyl (C=O) groups excluding carboxylic acids is 12. The number of hydrogen-bond acceptors (Lipinski definition) is 13. The van der Waals surface area contributed by atoms with Crippen LogP contribution in [0.5, 0.6) is 0 Å². The second kappa shape index (κ2) is 32.8. The molecule has 2 aliphatic heterocycles. The van der Waals surface area contributed by atoms with Crippen molar-refractivity contribution in [3.63, 3.8) is 0 Å². The van der Waals surface area contributed by atoms with Crippen LogP contribution in [-0.4, -0.2) is 170 Å². The van der Waals surface area contributed by atoms with E-state index in [9.17, 15) is 62.6 Å². The maximum atomic E-state index is 14.5. The van der Waals surface area contributed by atoms with Crippen LogP contribution in [-0.2, 0) is 57.5 Å². The number of primary amides is 1. The molecule has 25 nitrogen and oxygen atoms in total. The first-order valence-electron chi connectivity index (χ1n) is 30.0. The van der Waals surface area contributed by atoms with Crippen molar-refractivity contribution in [2.24, 2.45) is 35.3 Å². The quantitative estimate of drug-likeness (QED) is 0.0439. The highest BCUT2D eigenvalue weighted by molar-refractivity contribution is 6.00. The molecule has 0 spiro atoms. The highest BCUT2D eigenvalue weighted by Crippen LogP contribution is 2.25. The van der Waals surface area contributed by atoms with E-state index in [-0.39, 0.29) is 100 Å². The molecule has 2 fully saturated rings. The minimum atomic E-state index is -1.65. The van der Waals surface area contributed by atoms with Crippen molar-refractivity contribution in [2.45, 2.75) is 253 Å². The summed E-state index contributed by atoms with van der Waals surface area (Å²) in [6, 6.07) is -8.46. The third-order valence-electron chi connectivity index (χ3n) is 14.6. The van der Waals surface area contributed by atoms with Gasteiger partial charge in [0.05, 0.1) is 12.6 Å². The SMILES string of the molecule is CC(=O)NC(C)(C)C(=O)N[C@H](CCC(N)=O)C(=O)N[C@H](CC(C)C)C(=O)N[C@H](CC(C)C)C(=O)NC(C)(C)C(=O)N1CCC[C@H]1C(=O)N[C@H](CC(C)C)C(=O)N[C@H](CC(C)C)C(=O)NC(C)(C)C(=O)N1CCC[C@@H]1C(=O)N[C@@H](CO)CC(C)C. The first-order chi connectivity index (χ1) is 38.7. The summed E-state index contributed by atoms with van der Waals surface area (Å²) in [6.07, 6.45) is 2.16. The number of carbonyl (C=O) groups is 12. The minimum Gasteiger partial charge on any atom is -0.394 e. The van der Waals surface area contributed by atoms with Crippen molar-refractivity contribution >= 4 is 70.9 Å². The van der Waals surface area contributed by atoms with Crippen LogP contribution in [0.2, 0.25) is 0 Å². The van der Waals surface area contributed by atoms with Gasteiger partial charge < -0.3 is 68.5 Å². The number of nitrogens with zero attached hydrogens (tertiary/aromatic N) is 2. The normalized spacial score (nSPS) is 17.8. The van der Waals surface area contributed by atoms with Gasteiger partial charge in [-0.05, 0) is 135 Å². The van der Waals surface area contributed by atoms with Crippen molar-refractivity contribution in [1.29, 1.82) is 0 Å². The van der Waals surface area contributed by atoms with Gasteiger partial charge >= 0.3 is 0 Å². The fourth-order valence-corrected chi connectivity index (χ4v) is 10.5. The molecule has 25 heteroatoms. The van der Waals surface area contributed by atoms with E-state index in [1.165, 1.54) is 58.3 Å². The summed E-state index contributed by atoms with van der Waals surface area (Å²) in [5.74, 6) is -8.06. The second-order valence-electron chi connectivity index (χ2n) is 26.7. The zero-order valence-corrected chi connectivity index (χ0v) is 53.2. The van der Waals surface area contributed by atoms with E-state index in [0.29, 0.717) is 25.7 Å². The van der Waals surface area contributed by atoms with Gasteiger partial charge in [0.15, 0.2) is 0 Å². The topological polar surface area (TPSA) is 366 Å². The summed E-state index contributed by atoms with van der Waals surface area (Å²) in [6.45, 7) is 28.9. The van der Waals surface area contributed by atoms with Crippen LogP contribution in [0.4, 0.5) is 0 Å². The molecule has 0 radical (unpaired) electrons. The van der Waals surface area contributed by atoms with E-state index in [0.717, 1.165) is 0 Å². The summed E-state index contributed by atoms with van der Waals surface area (Å²) >= 11 is 0. The molecule has 0 aromatic heterocycles. The zero-order chi connectivity index (χ0) is 64.4. The second-order valence-corrected chi connectivity index (χ2v) is 26.7. The van der Waals surface area contributed by atoms with Gasteiger partial charge in [0.25, 0.3) is 0 Å². The van der Waals surface area contributed by atoms with E-state index in [1.807, 2.05) is 69.2 Å². The summed E-state index contributed by atoms with van der Waals surface area (Å²) in [4.78, 5) is 167. The van der Waals surface area contributed by atoms with E-state index >= 15 is 0 Å². The number of rotatable bonds is 33. The zero-order valence-electron chi connectivity index (χ0n) is 53.2. The van der Waals surface area contributed by atoms with E-state index < -0.39 is 130 Å². The van der Waals surface area contributed by atoms with Crippen LogP contribution in [0.1, 0.15) is 188 Å². The van der Waals surface area contributed by atoms with Gasteiger partial charge in [-0.15, -0.1) is 0 Å². The Hall–Kier alpha value is -6.40. The molecule has 84 heavy (non-hydrogen) atoms. The molecule has 12 N–H and O–H groups in total. The predicted octanol–water partition coefficient (Wildman–Crippen LogP) is 1.07. The van der Waals surface area contributed by atoms with Gasteiger partial charge in [0, 0.05) is 26.4 Å². The molecular weight excluding hydrogens is 1080 g/mol. The lowest BCUT2D eigenvalue weighted by Crippen LogP contribution is -2.64. The lowest BCUT2D eigenvalue weighted by Gasteiger charge is -2.35. The Bertz CT molecular complexity index is 2340. The highest BCUT2D eigenvalue weighted by atomic mass is 16.3. The number of aliphatic hydroxyl groups is 1. The van der Waals surface area contributed by atoms with Crippen LogP contribution < -0.4 is 53.6 Å². The summed E-state index contributed by atoms with van der Waals surface area (Å²) in [7, 11) is 0. The largest absolute Gasteiger partial charge is 0.394 e. The molecule has 0 saturated carbocycles. The first kappa shape index (κ1) is 73.7. The minimum absolute atomic E-state index is 0.0912. The third-order valence-corrected chi connectivity index (χ3v) is 14.6. The standard InChI is InChI=1S/C59H104N12O13/c1-32(2)26-38(31-72)61-52(80)44-20-18-24-70(44)55(83)58(14,15)68-51(79)43(30-36(9)10)64-49(77)41(28-34(5)6)65-53(81)45-21-19-25-71(45)56(84)59(16,17)69-50(78)42(29-35(7)8)63-48(76)40(27-33(3)4)62-47(75)39(22-23-46(60)74)66-54(82)57(12,13)67-37(11)73/h32-36,38-45,72H,18-31H2,1-17H3,(H2,60,74)(H,61,80)(H,62,75)(H,63,76)(H,64,77)(H,65,81)(H,66,82)(H,67,73)(H,68,79)(H,69,78)/t38-,39-,40-,41-,42-,43-,44-,45+/m1/s1. The van der Waals surface area contributed by atoms with E-state index in [4.69, 9.17) is 5.73 Å². The first-order valence-corrected chi connectivity index (χ1v) is 30.0. The molecule has 2 heterocycles. The Morgan fingerprint density at radius 1 is 0.464 bits per heavy atom. The Kier molecular flexibility index (Phi) is 28.7. The number of amides is 12. The molecule has 0 bridgehead atoms. The number of nitrogens with one attached hydrogen (secondary N) is 9. The molecule has 478 valence electrons. The van der Waals surface area contributed by atoms with Gasteiger partial charge in [0.1, 0.15) is 58.9 Å². The highest BCUT2D eigenvalue weighted by Gasteiger charge is 2.46.